The summed E-state index contributed by atoms with van der Waals surface area (Å²) in [6.07, 6.45) is 0. The molecule has 2 nitrogen and oxygen atoms in total. The minimum atomic E-state index is 1.07. The molecule has 0 amide bonds. The largest absolute Gasteiger partial charge is 0.310 e. The summed E-state index contributed by atoms with van der Waals surface area (Å²) in [5.41, 5.74) is 16.2. The molecule has 14 aromatic rings. The molecule has 13 aromatic carbocycles. The van der Waals surface area contributed by atoms with Crippen molar-refractivity contribution in [3.63, 3.8) is 0 Å². The Morgan fingerprint density at radius 2 is 0.681 bits per heavy atom. The highest BCUT2D eigenvalue weighted by atomic mass is 15.1. The molecule has 0 saturated heterocycles. The van der Waals surface area contributed by atoms with Gasteiger partial charge in [0.2, 0.25) is 0 Å². The molecule has 0 bridgehead atoms. The number of hydrogen-bond acceptors (Lipinski definition) is 1. The monoisotopic (exact) mass is 914 g/mol. The molecule has 0 atom stereocenters. The first-order valence-corrected chi connectivity index (χ1v) is 24.8. The van der Waals surface area contributed by atoms with E-state index in [1.807, 2.05) is 0 Å². The molecule has 0 fully saturated rings. The number of hydrogen-bond donors (Lipinski definition) is 0. The Labute approximate surface area is 418 Å². The number of benzene rings is 13. The van der Waals surface area contributed by atoms with Crippen LogP contribution in [-0.4, -0.2) is 4.57 Å². The van der Waals surface area contributed by atoms with E-state index in [4.69, 9.17) is 0 Å². The van der Waals surface area contributed by atoms with Crippen LogP contribution in [0.3, 0.4) is 0 Å². The van der Waals surface area contributed by atoms with Gasteiger partial charge in [-0.05, 0) is 154 Å². The van der Waals surface area contributed by atoms with E-state index in [1.165, 1.54) is 104 Å². The van der Waals surface area contributed by atoms with Crippen LogP contribution in [-0.2, 0) is 0 Å². The van der Waals surface area contributed by atoms with Crippen LogP contribution in [0.5, 0.6) is 0 Å². The summed E-state index contributed by atoms with van der Waals surface area (Å²) in [4.78, 5) is 2.42. The fourth-order valence-corrected chi connectivity index (χ4v) is 11.4. The SMILES string of the molecule is c1cc(-c2ccc(N(c3ccc(-c4cccc5ccccc45)cc3)c3ccc(-c4cccc5ccccc45)cc3)cc2-c2cc3ccccc3c3ccccc23)cc(-n2c3ccccc3c3ccccc32)c1. The van der Waals surface area contributed by atoms with Gasteiger partial charge in [0.25, 0.3) is 0 Å². The zero-order valence-electron chi connectivity index (χ0n) is 39.5. The Hall–Kier alpha value is -9.50. The zero-order chi connectivity index (χ0) is 47.5. The fraction of sp³-hybridized carbons (Fsp3) is 0. The first-order chi connectivity index (χ1) is 35.7. The molecule has 336 valence electrons. The summed E-state index contributed by atoms with van der Waals surface area (Å²) in [6, 6.07) is 103. The molecule has 2 heteroatoms. The molecule has 0 unspecified atom stereocenters. The van der Waals surface area contributed by atoms with E-state index in [9.17, 15) is 0 Å². The fourth-order valence-electron chi connectivity index (χ4n) is 11.4. The molecule has 0 aliphatic heterocycles. The van der Waals surface area contributed by atoms with Crippen LogP contribution in [0.4, 0.5) is 17.1 Å². The van der Waals surface area contributed by atoms with Gasteiger partial charge >= 0.3 is 0 Å². The Morgan fingerprint density at radius 3 is 1.28 bits per heavy atom. The predicted octanol–water partition coefficient (Wildman–Crippen LogP) is 19.5. The molecular formula is C70H46N2. The summed E-state index contributed by atoms with van der Waals surface area (Å²) >= 11 is 0. The van der Waals surface area contributed by atoms with Gasteiger partial charge in [-0.1, -0.05) is 212 Å². The van der Waals surface area contributed by atoms with E-state index in [0.29, 0.717) is 0 Å². The Bertz CT molecular complexity index is 4200. The molecule has 0 saturated carbocycles. The standard InChI is InChI=1S/C70H46N2/c1-4-23-57-47(16-1)19-14-30-59(57)49-34-38-53(39-35-49)71(54-40-36-50(37-41-54)60-31-15-20-48-17-2-5-24-58(48)60)56-42-43-62(68(46-56)67-45-52-18-3-6-25-61(52)63-26-7-8-27-64(63)67)51-21-13-22-55(44-51)72-69-32-11-9-28-65(69)66-29-10-12-33-70(66)72/h1-46H. The first-order valence-electron chi connectivity index (χ1n) is 24.8. The molecule has 1 heterocycles. The third kappa shape index (κ3) is 6.95. The van der Waals surface area contributed by atoms with E-state index in [-0.39, 0.29) is 0 Å². The normalized spacial score (nSPS) is 11.6. The van der Waals surface area contributed by atoms with Crippen molar-refractivity contribution in [3.8, 4) is 50.2 Å². The maximum absolute atomic E-state index is 2.43. The van der Waals surface area contributed by atoms with Crippen LogP contribution in [0, 0.1) is 0 Å². The molecule has 0 aliphatic carbocycles. The Balaban J connectivity index is 0.983. The van der Waals surface area contributed by atoms with Crippen LogP contribution in [0.15, 0.2) is 279 Å². The van der Waals surface area contributed by atoms with Crippen LogP contribution >= 0.6 is 0 Å². The van der Waals surface area contributed by atoms with Crippen molar-refractivity contribution < 1.29 is 0 Å². The molecule has 0 radical (unpaired) electrons. The van der Waals surface area contributed by atoms with Crippen LogP contribution < -0.4 is 4.90 Å². The lowest BCUT2D eigenvalue weighted by Crippen LogP contribution is -2.10. The second-order valence-electron chi connectivity index (χ2n) is 18.8. The van der Waals surface area contributed by atoms with E-state index in [0.717, 1.165) is 28.3 Å². The van der Waals surface area contributed by atoms with Crippen molar-refractivity contribution in [2.75, 3.05) is 4.90 Å². The first kappa shape index (κ1) is 41.5. The van der Waals surface area contributed by atoms with Gasteiger partial charge in [0.05, 0.1) is 11.0 Å². The number of nitrogens with zero attached hydrogens (tertiary/aromatic N) is 2. The Morgan fingerprint density at radius 1 is 0.222 bits per heavy atom. The van der Waals surface area contributed by atoms with Crippen molar-refractivity contribution in [2.24, 2.45) is 0 Å². The highest BCUT2D eigenvalue weighted by Gasteiger charge is 2.21. The van der Waals surface area contributed by atoms with E-state index < -0.39 is 0 Å². The average Bonchev–Trinajstić information content (AvgIpc) is 3.79. The molecule has 1 aromatic heterocycles. The summed E-state index contributed by atoms with van der Waals surface area (Å²) in [7, 11) is 0. The average molecular weight is 915 g/mol. The van der Waals surface area contributed by atoms with E-state index >= 15 is 0 Å². The van der Waals surface area contributed by atoms with Gasteiger partial charge in [-0.15, -0.1) is 0 Å². The lowest BCUT2D eigenvalue weighted by molar-refractivity contribution is 1.18. The predicted molar refractivity (Wildman–Crippen MR) is 307 cm³/mol. The topological polar surface area (TPSA) is 8.17 Å². The lowest BCUT2D eigenvalue weighted by atomic mass is 9.88. The third-order valence-corrected chi connectivity index (χ3v) is 14.8. The van der Waals surface area contributed by atoms with Gasteiger partial charge in [-0.3, -0.25) is 0 Å². The Kier molecular flexibility index (Phi) is 9.89. The summed E-state index contributed by atoms with van der Waals surface area (Å²) in [6.45, 7) is 0. The summed E-state index contributed by atoms with van der Waals surface area (Å²) in [5, 5.41) is 12.4. The molecule has 72 heavy (non-hydrogen) atoms. The van der Waals surface area contributed by atoms with Crippen LogP contribution in [0.2, 0.25) is 0 Å². The number of para-hydroxylation sites is 2. The van der Waals surface area contributed by atoms with Gasteiger partial charge < -0.3 is 9.47 Å². The van der Waals surface area contributed by atoms with Gasteiger partial charge in [-0.25, -0.2) is 0 Å². The number of fused-ring (bicyclic) bond motifs is 8. The van der Waals surface area contributed by atoms with Crippen molar-refractivity contribution in [1.29, 1.82) is 0 Å². The van der Waals surface area contributed by atoms with E-state index in [1.54, 1.807) is 0 Å². The van der Waals surface area contributed by atoms with Gasteiger partial charge in [0.15, 0.2) is 0 Å². The van der Waals surface area contributed by atoms with Gasteiger partial charge in [0, 0.05) is 33.5 Å². The minimum absolute atomic E-state index is 1.07. The molecule has 0 N–H and O–H groups in total. The lowest BCUT2D eigenvalue weighted by Gasteiger charge is -2.27. The number of rotatable bonds is 8. The maximum atomic E-state index is 2.43. The van der Waals surface area contributed by atoms with Gasteiger partial charge in [-0.2, -0.15) is 0 Å². The second-order valence-corrected chi connectivity index (χ2v) is 18.8. The van der Waals surface area contributed by atoms with Crippen molar-refractivity contribution in [3.05, 3.63) is 279 Å². The summed E-state index contributed by atoms with van der Waals surface area (Å²) < 4.78 is 2.42. The van der Waals surface area contributed by atoms with Crippen LogP contribution in [0.25, 0.3) is 115 Å². The zero-order valence-corrected chi connectivity index (χ0v) is 39.5. The molecular weight excluding hydrogens is 869 g/mol. The third-order valence-electron chi connectivity index (χ3n) is 14.8. The quantitative estimate of drug-likeness (QED) is 0.138. The molecule has 0 spiro atoms. The second kappa shape index (κ2) is 17.2. The maximum Gasteiger partial charge on any atom is 0.0541 e. The van der Waals surface area contributed by atoms with Crippen molar-refractivity contribution in [1.82, 2.24) is 4.57 Å². The van der Waals surface area contributed by atoms with Gasteiger partial charge in [0.1, 0.15) is 0 Å². The number of aromatic nitrogens is 1. The highest BCUT2D eigenvalue weighted by Crippen LogP contribution is 2.46. The molecule has 0 aliphatic rings. The highest BCUT2D eigenvalue weighted by molar-refractivity contribution is 6.15. The number of anilines is 3. The van der Waals surface area contributed by atoms with Crippen molar-refractivity contribution in [2.45, 2.75) is 0 Å². The van der Waals surface area contributed by atoms with Crippen molar-refractivity contribution >= 4 is 82.0 Å². The smallest absolute Gasteiger partial charge is 0.0541 e. The molecule has 14 rings (SSSR count). The van der Waals surface area contributed by atoms with Crippen LogP contribution in [0.1, 0.15) is 0 Å². The van der Waals surface area contributed by atoms with E-state index in [2.05, 4.69) is 289 Å². The summed E-state index contributed by atoms with van der Waals surface area (Å²) in [5.74, 6) is 0. The minimum Gasteiger partial charge on any atom is -0.310 e.